The van der Waals surface area contributed by atoms with Crippen molar-refractivity contribution in [1.82, 2.24) is 9.88 Å². The molecule has 0 radical (unpaired) electrons. The number of benzene rings is 2. The zero-order chi connectivity index (χ0) is 15.6. The molecule has 0 saturated heterocycles. The van der Waals surface area contributed by atoms with Gasteiger partial charge in [-0.25, -0.2) is 4.98 Å². The van der Waals surface area contributed by atoms with E-state index in [1.165, 1.54) is 28.1 Å². The van der Waals surface area contributed by atoms with E-state index in [1.807, 2.05) is 11.3 Å². The summed E-state index contributed by atoms with van der Waals surface area (Å²) in [5.41, 5.74) is 2.52. The lowest BCUT2D eigenvalue weighted by atomic mass is 10.1. The molecule has 0 N–H and O–H groups in total. The van der Waals surface area contributed by atoms with Crippen molar-refractivity contribution in [3.05, 3.63) is 65.2 Å². The molecular formula is C20H22N2S. The number of para-hydroxylation sites is 1. The number of nitrogens with zero attached hydrogens (tertiary/aromatic N) is 2. The first kappa shape index (κ1) is 14.9. The Morgan fingerprint density at radius 2 is 1.78 bits per heavy atom. The quantitative estimate of drug-likeness (QED) is 0.628. The fraction of sp³-hybridized carbons (Fsp3) is 0.350. The number of hydrogen-bond acceptors (Lipinski definition) is 3. The fourth-order valence-electron chi connectivity index (χ4n) is 3.20. The number of aromatic nitrogens is 1. The number of hydrogen-bond donors (Lipinski definition) is 0. The van der Waals surface area contributed by atoms with E-state index in [-0.39, 0.29) is 0 Å². The van der Waals surface area contributed by atoms with E-state index < -0.39 is 0 Å². The Hall–Kier alpha value is -1.71. The maximum Gasteiger partial charge on any atom is 0.108 e. The lowest BCUT2D eigenvalue weighted by molar-refractivity contribution is 0.172. The normalized spacial score (nSPS) is 16.1. The summed E-state index contributed by atoms with van der Waals surface area (Å²) < 4.78 is 1.29. The van der Waals surface area contributed by atoms with Gasteiger partial charge in [0.1, 0.15) is 5.01 Å². The zero-order valence-corrected chi connectivity index (χ0v) is 14.3. The molecule has 1 aromatic heterocycles. The van der Waals surface area contributed by atoms with Gasteiger partial charge in [0.25, 0.3) is 0 Å². The molecule has 3 heteroatoms. The van der Waals surface area contributed by atoms with Gasteiger partial charge in [-0.1, -0.05) is 42.5 Å². The van der Waals surface area contributed by atoms with E-state index in [1.54, 1.807) is 0 Å². The first-order chi connectivity index (χ1) is 11.3. The van der Waals surface area contributed by atoms with Crippen molar-refractivity contribution in [2.24, 2.45) is 5.92 Å². The van der Waals surface area contributed by atoms with Crippen molar-refractivity contribution in [2.75, 3.05) is 0 Å². The first-order valence-corrected chi connectivity index (χ1v) is 9.23. The summed E-state index contributed by atoms with van der Waals surface area (Å²) >= 11 is 1.83. The summed E-state index contributed by atoms with van der Waals surface area (Å²) in [6.07, 6.45) is 2.76. The van der Waals surface area contributed by atoms with Crippen molar-refractivity contribution < 1.29 is 0 Å². The maximum absolute atomic E-state index is 4.83. The topological polar surface area (TPSA) is 16.1 Å². The predicted molar refractivity (Wildman–Crippen MR) is 97.5 cm³/mol. The molecule has 0 amide bonds. The van der Waals surface area contributed by atoms with Crippen molar-refractivity contribution in [3.8, 4) is 0 Å². The second kappa shape index (κ2) is 6.42. The Balaban J connectivity index is 1.56. The molecule has 0 unspecified atom stereocenters. The van der Waals surface area contributed by atoms with Crippen LogP contribution >= 0.6 is 11.3 Å². The smallest absolute Gasteiger partial charge is 0.108 e. The Kier molecular flexibility index (Phi) is 4.15. The van der Waals surface area contributed by atoms with Crippen LogP contribution < -0.4 is 0 Å². The fourth-order valence-corrected chi connectivity index (χ4v) is 4.19. The average molecular weight is 322 g/mol. The highest BCUT2D eigenvalue weighted by Gasteiger charge is 2.32. The van der Waals surface area contributed by atoms with Crippen LogP contribution in [0.2, 0.25) is 0 Å². The largest absolute Gasteiger partial charge is 0.289 e. The zero-order valence-electron chi connectivity index (χ0n) is 13.5. The molecule has 1 aliphatic rings. The summed E-state index contributed by atoms with van der Waals surface area (Å²) in [5, 5.41) is 1.23. The van der Waals surface area contributed by atoms with Crippen LogP contribution in [-0.4, -0.2) is 15.9 Å². The molecule has 0 spiro atoms. The lowest BCUT2D eigenvalue weighted by Crippen LogP contribution is -2.33. The van der Waals surface area contributed by atoms with Gasteiger partial charge in [0.05, 0.1) is 16.8 Å². The van der Waals surface area contributed by atoms with Gasteiger partial charge in [-0.15, -0.1) is 11.3 Å². The van der Waals surface area contributed by atoms with E-state index >= 15 is 0 Å². The second-order valence-corrected chi connectivity index (χ2v) is 7.66. The van der Waals surface area contributed by atoms with E-state index in [9.17, 15) is 0 Å². The molecule has 1 atom stereocenters. The predicted octanol–water partition coefficient (Wildman–Crippen LogP) is 5.10. The lowest BCUT2D eigenvalue weighted by Gasteiger charge is -2.28. The molecule has 1 saturated carbocycles. The molecule has 4 rings (SSSR count). The van der Waals surface area contributed by atoms with Crippen molar-refractivity contribution >= 4 is 21.6 Å². The molecule has 1 aliphatic carbocycles. The monoisotopic (exact) mass is 322 g/mol. The van der Waals surface area contributed by atoms with Gasteiger partial charge in [-0.3, -0.25) is 4.90 Å². The Morgan fingerprint density at radius 3 is 2.52 bits per heavy atom. The number of fused-ring (bicyclic) bond motifs is 1. The van der Waals surface area contributed by atoms with Crippen molar-refractivity contribution in [1.29, 1.82) is 0 Å². The molecule has 2 aromatic carbocycles. The van der Waals surface area contributed by atoms with Crippen molar-refractivity contribution in [2.45, 2.75) is 38.9 Å². The van der Waals surface area contributed by atoms with Crippen LogP contribution in [0.15, 0.2) is 54.6 Å². The van der Waals surface area contributed by atoms with Crippen LogP contribution in [0.3, 0.4) is 0 Å². The van der Waals surface area contributed by atoms with Crippen LogP contribution in [-0.2, 0) is 13.1 Å². The van der Waals surface area contributed by atoms with Crippen LogP contribution in [0.5, 0.6) is 0 Å². The summed E-state index contributed by atoms with van der Waals surface area (Å²) in [6.45, 7) is 4.34. The van der Waals surface area contributed by atoms with Crippen LogP contribution in [0.1, 0.15) is 30.3 Å². The Morgan fingerprint density at radius 1 is 1.04 bits per heavy atom. The summed E-state index contributed by atoms with van der Waals surface area (Å²) in [7, 11) is 0. The van der Waals surface area contributed by atoms with Gasteiger partial charge >= 0.3 is 0 Å². The molecule has 0 bridgehead atoms. The molecule has 1 fully saturated rings. The SMILES string of the molecule is C[C@@H](C1CC1)N(Cc1ccccc1)Cc1nc2ccccc2s1. The number of rotatable bonds is 6. The third-order valence-corrected chi connectivity index (χ3v) is 5.81. The third-order valence-electron chi connectivity index (χ3n) is 4.79. The van der Waals surface area contributed by atoms with Gasteiger partial charge < -0.3 is 0 Å². The molecule has 3 aromatic rings. The molecular weight excluding hydrogens is 300 g/mol. The number of thiazole rings is 1. The van der Waals surface area contributed by atoms with Crippen LogP contribution in [0.25, 0.3) is 10.2 Å². The molecule has 1 heterocycles. The molecule has 118 valence electrons. The van der Waals surface area contributed by atoms with Gasteiger partial charge in [-0.05, 0) is 43.4 Å². The highest BCUT2D eigenvalue weighted by molar-refractivity contribution is 7.18. The summed E-state index contributed by atoms with van der Waals surface area (Å²) in [4.78, 5) is 7.44. The average Bonchev–Trinajstić information content (AvgIpc) is 3.34. The van der Waals surface area contributed by atoms with Crippen LogP contribution in [0.4, 0.5) is 0 Å². The minimum absolute atomic E-state index is 0.627. The molecule has 23 heavy (non-hydrogen) atoms. The Bertz CT molecular complexity index is 743. The highest BCUT2D eigenvalue weighted by Crippen LogP contribution is 2.36. The minimum Gasteiger partial charge on any atom is -0.289 e. The summed E-state index contributed by atoms with van der Waals surface area (Å²) in [6, 6.07) is 19.9. The van der Waals surface area contributed by atoms with Crippen molar-refractivity contribution in [3.63, 3.8) is 0 Å². The van der Waals surface area contributed by atoms with Gasteiger partial charge in [0.15, 0.2) is 0 Å². The molecule has 2 nitrogen and oxygen atoms in total. The Labute approximate surface area is 141 Å². The molecule has 0 aliphatic heterocycles. The minimum atomic E-state index is 0.627. The highest BCUT2D eigenvalue weighted by atomic mass is 32.1. The maximum atomic E-state index is 4.83. The van der Waals surface area contributed by atoms with E-state index in [4.69, 9.17) is 4.98 Å². The standard InChI is InChI=1S/C20H22N2S/c1-15(17-11-12-17)22(13-16-7-3-2-4-8-16)14-20-21-18-9-5-6-10-19(18)23-20/h2-10,15,17H,11-14H2,1H3/t15-/m0/s1. The van der Waals surface area contributed by atoms with Gasteiger partial charge in [-0.2, -0.15) is 0 Å². The van der Waals surface area contributed by atoms with E-state index in [0.717, 1.165) is 24.5 Å². The van der Waals surface area contributed by atoms with Gasteiger partial charge in [0.2, 0.25) is 0 Å². The van der Waals surface area contributed by atoms with Gasteiger partial charge in [0, 0.05) is 12.6 Å². The first-order valence-electron chi connectivity index (χ1n) is 8.42. The third kappa shape index (κ3) is 3.46. The van der Waals surface area contributed by atoms with Crippen LogP contribution in [0, 0.1) is 5.92 Å². The summed E-state index contributed by atoms with van der Waals surface area (Å²) in [5.74, 6) is 0.869. The van der Waals surface area contributed by atoms with E-state index in [2.05, 4.69) is 66.4 Å². The van der Waals surface area contributed by atoms with E-state index in [0.29, 0.717) is 6.04 Å². The second-order valence-electron chi connectivity index (χ2n) is 6.54.